The highest BCUT2D eigenvalue weighted by Crippen LogP contribution is 2.54. The second-order valence-corrected chi connectivity index (χ2v) is 5.12. The third-order valence-electron chi connectivity index (χ3n) is 4.20. The Bertz CT molecular complexity index is 297. The van der Waals surface area contributed by atoms with Gasteiger partial charge in [-0.15, -0.1) is 0 Å². The Morgan fingerprint density at radius 3 is 2.64 bits per heavy atom. The predicted octanol–water partition coefficient (Wildman–Crippen LogP) is 1.71. The van der Waals surface area contributed by atoms with E-state index >= 15 is 0 Å². The Balaban J connectivity index is 2.37. The molecule has 0 aliphatic heterocycles. The molecular formula is C11H16O3. The van der Waals surface area contributed by atoms with Gasteiger partial charge in [0, 0.05) is 12.3 Å². The maximum absolute atomic E-state index is 11.6. The van der Waals surface area contributed by atoms with E-state index < -0.39 is 5.97 Å². The van der Waals surface area contributed by atoms with Gasteiger partial charge in [0.1, 0.15) is 5.78 Å². The molecule has 0 radical (unpaired) electrons. The molecule has 4 unspecified atom stereocenters. The molecule has 3 aliphatic rings. The van der Waals surface area contributed by atoms with Crippen LogP contribution in [0.4, 0.5) is 0 Å². The molecule has 0 aromatic carbocycles. The standard InChI is InChI=1S/C11H16O3/c1-6-7-3-4-11(2,5-8(7)12)9(6)10(13)14/h6-7,9H,3-5H2,1-2H3,(H,13,14). The average Bonchev–Trinajstić information content (AvgIpc) is 2.00. The molecule has 1 N–H and O–H groups in total. The minimum absolute atomic E-state index is 0.0120. The first kappa shape index (κ1) is 9.69. The Labute approximate surface area is 83.5 Å². The van der Waals surface area contributed by atoms with Crippen LogP contribution in [0.25, 0.3) is 0 Å². The topological polar surface area (TPSA) is 54.4 Å². The summed E-state index contributed by atoms with van der Waals surface area (Å²) in [4.78, 5) is 22.8. The lowest BCUT2D eigenvalue weighted by Crippen LogP contribution is -2.53. The van der Waals surface area contributed by atoms with E-state index in [1.54, 1.807) is 0 Å². The van der Waals surface area contributed by atoms with E-state index in [0.717, 1.165) is 12.8 Å². The van der Waals surface area contributed by atoms with Gasteiger partial charge in [-0.05, 0) is 24.2 Å². The highest BCUT2D eigenvalue weighted by molar-refractivity contribution is 5.87. The van der Waals surface area contributed by atoms with Gasteiger partial charge in [-0.1, -0.05) is 13.8 Å². The first-order valence-corrected chi connectivity index (χ1v) is 5.21. The lowest BCUT2D eigenvalue weighted by molar-refractivity contribution is -0.163. The Kier molecular flexibility index (Phi) is 1.95. The van der Waals surface area contributed by atoms with Crippen LogP contribution in [0, 0.1) is 23.2 Å². The summed E-state index contributed by atoms with van der Waals surface area (Å²) < 4.78 is 0. The lowest BCUT2D eigenvalue weighted by atomic mass is 9.51. The van der Waals surface area contributed by atoms with Crippen LogP contribution in [0.2, 0.25) is 0 Å². The minimum atomic E-state index is -0.725. The molecule has 3 aliphatic carbocycles. The molecule has 0 amide bonds. The van der Waals surface area contributed by atoms with E-state index in [0.29, 0.717) is 6.42 Å². The first-order valence-electron chi connectivity index (χ1n) is 5.21. The molecule has 3 fully saturated rings. The summed E-state index contributed by atoms with van der Waals surface area (Å²) in [5.41, 5.74) is -0.281. The summed E-state index contributed by atoms with van der Waals surface area (Å²) in [6, 6.07) is 0. The van der Waals surface area contributed by atoms with Crippen LogP contribution < -0.4 is 0 Å². The van der Waals surface area contributed by atoms with E-state index in [1.165, 1.54) is 0 Å². The molecule has 0 heterocycles. The molecule has 3 rings (SSSR count). The van der Waals surface area contributed by atoms with Gasteiger partial charge in [-0.25, -0.2) is 0 Å². The fourth-order valence-electron chi connectivity index (χ4n) is 3.48. The molecule has 14 heavy (non-hydrogen) atoms. The van der Waals surface area contributed by atoms with Crippen molar-refractivity contribution in [1.82, 2.24) is 0 Å². The van der Waals surface area contributed by atoms with E-state index in [2.05, 4.69) is 0 Å². The second kappa shape index (κ2) is 2.81. The maximum Gasteiger partial charge on any atom is 0.307 e. The summed E-state index contributed by atoms with van der Waals surface area (Å²) in [5, 5.41) is 9.17. The molecular weight excluding hydrogens is 180 g/mol. The fraction of sp³-hybridized carbons (Fsp3) is 0.818. The largest absolute Gasteiger partial charge is 0.481 e. The summed E-state index contributed by atoms with van der Waals surface area (Å²) in [5.74, 6) is -0.731. The molecule has 78 valence electrons. The van der Waals surface area contributed by atoms with Crippen molar-refractivity contribution in [2.24, 2.45) is 23.2 Å². The van der Waals surface area contributed by atoms with Crippen molar-refractivity contribution < 1.29 is 14.7 Å². The van der Waals surface area contributed by atoms with Crippen LogP contribution in [0.3, 0.4) is 0 Å². The highest BCUT2D eigenvalue weighted by Gasteiger charge is 2.55. The maximum atomic E-state index is 11.6. The van der Waals surface area contributed by atoms with Crippen LogP contribution in [-0.4, -0.2) is 16.9 Å². The smallest absolute Gasteiger partial charge is 0.307 e. The van der Waals surface area contributed by atoms with Gasteiger partial charge in [0.05, 0.1) is 5.92 Å². The van der Waals surface area contributed by atoms with Crippen molar-refractivity contribution in [3.63, 3.8) is 0 Å². The van der Waals surface area contributed by atoms with Crippen molar-refractivity contribution in [1.29, 1.82) is 0 Å². The molecule has 0 spiro atoms. The number of carboxylic acid groups (broad SMARTS) is 1. The molecule has 3 nitrogen and oxygen atoms in total. The summed E-state index contributed by atoms with van der Waals surface area (Å²) in [6.07, 6.45) is 2.25. The zero-order valence-corrected chi connectivity index (χ0v) is 8.62. The number of carbonyl (C=O) groups is 2. The van der Waals surface area contributed by atoms with Crippen LogP contribution >= 0.6 is 0 Å². The average molecular weight is 196 g/mol. The molecule has 0 aromatic rings. The first-order chi connectivity index (χ1) is 6.46. The van der Waals surface area contributed by atoms with Crippen molar-refractivity contribution in [3.8, 4) is 0 Å². The summed E-state index contributed by atoms with van der Waals surface area (Å²) >= 11 is 0. The van der Waals surface area contributed by atoms with E-state index in [1.807, 2.05) is 13.8 Å². The second-order valence-electron chi connectivity index (χ2n) is 5.12. The molecule has 0 saturated heterocycles. The molecule has 3 heteroatoms. The van der Waals surface area contributed by atoms with Crippen LogP contribution in [0.1, 0.15) is 33.1 Å². The van der Waals surface area contributed by atoms with Gasteiger partial charge in [-0.3, -0.25) is 9.59 Å². The van der Waals surface area contributed by atoms with Gasteiger partial charge >= 0.3 is 5.97 Å². The Morgan fingerprint density at radius 1 is 1.57 bits per heavy atom. The van der Waals surface area contributed by atoms with Crippen molar-refractivity contribution in [3.05, 3.63) is 0 Å². The van der Waals surface area contributed by atoms with E-state index in [4.69, 9.17) is 0 Å². The monoisotopic (exact) mass is 196 g/mol. The number of aliphatic carboxylic acids is 1. The highest BCUT2D eigenvalue weighted by atomic mass is 16.4. The van der Waals surface area contributed by atoms with Crippen LogP contribution in [0.5, 0.6) is 0 Å². The molecule has 3 saturated carbocycles. The van der Waals surface area contributed by atoms with Crippen LogP contribution in [-0.2, 0) is 9.59 Å². The summed E-state index contributed by atoms with van der Waals surface area (Å²) in [6.45, 7) is 3.87. The third-order valence-corrected chi connectivity index (χ3v) is 4.20. The molecule has 4 atom stereocenters. The predicted molar refractivity (Wildman–Crippen MR) is 50.7 cm³/mol. The number of carbonyl (C=O) groups excluding carboxylic acids is 1. The SMILES string of the molecule is CC1C2CCC(C)(CC2=O)C1C(=O)O. The number of rotatable bonds is 1. The Morgan fingerprint density at radius 2 is 2.21 bits per heavy atom. The van der Waals surface area contributed by atoms with Gasteiger partial charge in [0.2, 0.25) is 0 Å². The zero-order valence-electron chi connectivity index (χ0n) is 8.62. The lowest BCUT2D eigenvalue weighted by Gasteiger charge is -2.51. The molecule has 0 aromatic heterocycles. The number of hydrogen-bond donors (Lipinski definition) is 1. The third kappa shape index (κ3) is 1.11. The van der Waals surface area contributed by atoms with Gasteiger partial charge in [-0.2, -0.15) is 0 Å². The summed E-state index contributed by atoms with van der Waals surface area (Å²) in [7, 11) is 0. The van der Waals surface area contributed by atoms with Crippen molar-refractivity contribution >= 4 is 11.8 Å². The number of ketones is 1. The number of Topliss-reactive ketones (excluding diaryl/α,β-unsaturated/α-hetero) is 1. The Hall–Kier alpha value is -0.860. The van der Waals surface area contributed by atoms with Gasteiger partial charge in [0.15, 0.2) is 0 Å². The van der Waals surface area contributed by atoms with E-state index in [9.17, 15) is 14.7 Å². The minimum Gasteiger partial charge on any atom is -0.481 e. The van der Waals surface area contributed by atoms with Crippen molar-refractivity contribution in [2.75, 3.05) is 0 Å². The van der Waals surface area contributed by atoms with Crippen molar-refractivity contribution in [2.45, 2.75) is 33.1 Å². The normalized spacial score (nSPS) is 46.7. The van der Waals surface area contributed by atoms with E-state index in [-0.39, 0.29) is 29.0 Å². The quantitative estimate of drug-likeness (QED) is 0.694. The van der Waals surface area contributed by atoms with Crippen LogP contribution in [0.15, 0.2) is 0 Å². The number of fused-ring (bicyclic) bond motifs is 3. The number of hydrogen-bond acceptors (Lipinski definition) is 2. The fourth-order valence-corrected chi connectivity index (χ4v) is 3.48. The number of carboxylic acids is 1. The van der Waals surface area contributed by atoms with Gasteiger partial charge in [0.25, 0.3) is 0 Å². The zero-order chi connectivity index (χ0) is 10.5. The van der Waals surface area contributed by atoms with Gasteiger partial charge < -0.3 is 5.11 Å². The molecule has 2 bridgehead atoms.